The number of carbonyl (C=O) groups is 1. The molecule has 1 amide bonds. The van der Waals surface area contributed by atoms with Crippen molar-refractivity contribution >= 4 is 11.6 Å². The third-order valence-electron chi connectivity index (χ3n) is 4.67. The van der Waals surface area contributed by atoms with Gasteiger partial charge in [0.2, 0.25) is 5.91 Å². The largest absolute Gasteiger partial charge is 0.323 e. The smallest absolute Gasteiger partial charge is 0.230 e. The zero-order valence-corrected chi connectivity index (χ0v) is 11.9. The highest BCUT2D eigenvalue weighted by Crippen LogP contribution is 2.54. The Balaban J connectivity index is 1.65. The molecule has 0 radical (unpaired) electrons. The Hall–Kier alpha value is -1.32. The number of carbonyl (C=O) groups excluding carboxylic acids is 1. The molecule has 0 aliphatic heterocycles. The second kappa shape index (κ2) is 4.66. The van der Waals surface area contributed by atoms with Crippen molar-refractivity contribution in [1.29, 1.82) is 0 Å². The van der Waals surface area contributed by atoms with E-state index in [4.69, 9.17) is 0 Å². The van der Waals surface area contributed by atoms with Crippen molar-refractivity contribution in [3.8, 4) is 0 Å². The fourth-order valence-corrected chi connectivity index (χ4v) is 3.68. The molecule has 1 aromatic rings. The van der Waals surface area contributed by atoms with Gasteiger partial charge in [0, 0.05) is 18.2 Å². The molecule has 1 heterocycles. The van der Waals surface area contributed by atoms with Crippen LogP contribution < -0.4 is 5.32 Å². The van der Waals surface area contributed by atoms with Crippen molar-refractivity contribution < 1.29 is 4.79 Å². The predicted octanol–water partition coefficient (Wildman–Crippen LogP) is 3.06. The third-order valence-corrected chi connectivity index (χ3v) is 4.67. The van der Waals surface area contributed by atoms with E-state index < -0.39 is 0 Å². The van der Waals surface area contributed by atoms with Crippen LogP contribution >= 0.6 is 0 Å². The number of hydrogen-bond donors (Lipinski definition) is 1. The fraction of sp³-hybridized carbons (Fsp3) is 0.733. The van der Waals surface area contributed by atoms with E-state index in [1.165, 1.54) is 12.8 Å². The van der Waals surface area contributed by atoms with Crippen LogP contribution in [0.25, 0.3) is 0 Å². The van der Waals surface area contributed by atoms with Gasteiger partial charge in [-0.2, -0.15) is 5.10 Å². The van der Waals surface area contributed by atoms with Gasteiger partial charge in [-0.05, 0) is 43.9 Å². The average Bonchev–Trinajstić information content (AvgIpc) is 3.04. The fourth-order valence-electron chi connectivity index (χ4n) is 3.68. The monoisotopic (exact) mass is 261 g/mol. The first-order valence-electron chi connectivity index (χ1n) is 7.41. The second-order valence-corrected chi connectivity index (χ2v) is 6.73. The molecule has 4 heteroatoms. The number of amides is 1. The summed E-state index contributed by atoms with van der Waals surface area (Å²) in [5.74, 6) is 1.58. The van der Waals surface area contributed by atoms with Crippen molar-refractivity contribution in [3.05, 3.63) is 12.4 Å². The van der Waals surface area contributed by atoms with Crippen LogP contribution in [-0.2, 0) is 11.3 Å². The maximum Gasteiger partial charge on any atom is 0.230 e. The summed E-state index contributed by atoms with van der Waals surface area (Å²) in [6.07, 6.45) is 9.42. The molecular weight excluding hydrogens is 238 g/mol. The van der Waals surface area contributed by atoms with Gasteiger partial charge in [-0.25, -0.2) is 0 Å². The number of nitrogens with zero attached hydrogens (tertiary/aromatic N) is 2. The summed E-state index contributed by atoms with van der Waals surface area (Å²) in [4.78, 5) is 12.5. The van der Waals surface area contributed by atoms with Crippen LogP contribution in [0.1, 0.15) is 46.0 Å². The molecule has 4 nitrogen and oxygen atoms in total. The van der Waals surface area contributed by atoms with Gasteiger partial charge in [0.15, 0.2) is 0 Å². The Morgan fingerprint density at radius 1 is 1.53 bits per heavy atom. The Labute approximate surface area is 114 Å². The van der Waals surface area contributed by atoms with Crippen LogP contribution in [0.15, 0.2) is 12.4 Å². The molecule has 2 aliphatic rings. The number of anilines is 1. The average molecular weight is 261 g/mol. The lowest BCUT2D eigenvalue weighted by molar-refractivity contribution is -0.125. The summed E-state index contributed by atoms with van der Waals surface area (Å²) < 4.78 is 1.91. The molecule has 19 heavy (non-hydrogen) atoms. The minimum Gasteiger partial charge on any atom is -0.323 e. The molecule has 0 unspecified atom stereocenters. The highest BCUT2D eigenvalue weighted by atomic mass is 16.2. The van der Waals surface area contributed by atoms with Crippen molar-refractivity contribution in [3.63, 3.8) is 0 Å². The summed E-state index contributed by atoms with van der Waals surface area (Å²) in [6, 6.07) is 0. The molecule has 2 saturated carbocycles. The molecule has 0 atom stereocenters. The van der Waals surface area contributed by atoms with Gasteiger partial charge in [-0.15, -0.1) is 0 Å². The first kappa shape index (κ1) is 12.7. The zero-order chi connectivity index (χ0) is 13.5. The lowest BCUT2D eigenvalue weighted by Gasteiger charge is -2.24. The van der Waals surface area contributed by atoms with E-state index in [2.05, 4.69) is 24.3 Å². The minimum atomic E-state index is -0.0647. The number of hydrogen-bond acceptors (Lipinski definition) is 2. The molecular formula is C15H23N3O. The van der Waals surface area contributed by atoms with Crippen LogP contribution in [0, 0.1) is 17.3 Å². The zero-order valence-electron chi connectivity index (χ0n) is 11.9. The first-order chi connectivity index (χ1) is 9.07. The van der Waals surface area contributed by atoms with Crippen molar-refractivity contribution in [1.82, 2.24) is 9.78 Å². The van der Waals surface area contributed by atoms with Crippen molar-refractivity contribution in [2.75, 3.05) is 5.32 Å². The summed E-state index contributed by atoms with van der Waals surface area (Å²) in [5.41, 5.74) is 0.778. The van der Waals surface area contributed by atoms with Gasteiger partial charge in [-0.1, -0.05) is 13.8 Å². The molecule has 0 spiro atoms. The third kappa shape index (κ3) is 2.40. The topological polar surface area (TPSA) is 46.9 Å². The molecule has 1 N–H and O–H groups in total. The van der Waals surface area contributed by atoms with Crippen molar-refractivity contribution in [2.45, 2.75) is 52.5 Å². The highest BCUT2D eigenvalue weighted by Gasteiger charge is 2.49. The summed E-state index contributed by atoms with van der Waals surface area (Å²) in [5, 5.41) is 7.37. The van der Waals surface area contributed by atoms with Gasteiger partial charge in [0.05, 0.1) is 11.9 Å². The number of fused-ring (bicyclic) bond motifs is 2. The molecule has 104 valence electrons. The van der Waals surface area contributed by atoms with Gasteiger partial charge >= 0.3 is 0 Å². The molecule has 2 fully saturated rings. The van der Waals surface area contributed by atoms with E-state index in [0.717, 1.165) is 37.4 Å². The normalized spacial score (nSPS) is 29.1. The second-order valence-electron chi connectivity index (χ2n) is 6.73. The first-order valence-corrected chi connectivity index (χ1v) is 7.41. The summed E-state index contributed by atoms with van der Waals surface area (Å²) in [6.45, 7) is 5.22. The number of nitrogens with one attached hydrogen (secondary N) is 1. The van der Waals surface area contributed by atoms with Crippen molar-refractivity contribution in [2.24, 2.45) is 17.3 Å². The molecule has 2 aliphatic carbocycles. The van der Waals surface area contributed by atoms with Crippen LogP contribution in [0.3, 0.4) is 0 Å². The van der Waals surface area contributed by atoms with E-state index in [9.17, 15) is 4.79 Å². The SMILES string of the molecule is CC(C)Cn1cc(NC(=O)C23CCC(CC2)C3)cn1. The van der Waals surface area contributed by atoms with Crippen LogP contribution in [0.5, 0.6) is 0 Å². The molecule has 0 aromatic carbocycles. The quantitative estimate of drug-likeness (QED) is 0.905. The van der Waals surface area contributed by atoms with Gasteiger partial charge in [0.25, 0.3) is 0 Å². The maximum absolute atomic E-state index is 12.5. The molecule has 2 bridgehead atoms. The van der Waals surface area contributed by atoms with E-state index in [-0.39, 0.29) is 11.3 Å². The van der Waals surface area contributed by atoms with Crippen LogP contribution in [0.4, 0.5) is 5.69 Å². The standard InChI is InChI=1S/C15H23N3O/c1-11(2)9-18-10-13(8-16-18)17-14(19)15-5-3-12(7-15)4-6-15/h8,10-12H,3-7,9H2,1-2H3,(H,17,19). The van der Waals surface area contributed by atoms with E-state index >= 15 is 0 Å². The number of rotatable bonds is 4. The molecule has 1 aromatic heterocycles. The van der Waals surface area contributed by atoms with Crippen LogP contribution in [-0.4, -0.2) is 15.7 Å². The van der Waals surface area contributed by atoms with Gasteiger partial charge in [-0.3, -0.25) is 9.48 Å². The Bertz CT molecular complexity index is 469. The molecule has 3 rings (SSSR count). The van der Waals surface area contributed by atoms with Crippen LogP contribution in [0.2, 0.25) is 0 Å². The van der Waals surface area contributed by atoms with E-state index in [0.29, 0.717) is 5.92 Å². The Kier molecular flexibility index (Phi) is 3.11. The minimum absolute atomic E-state index is 0.0647. The van der Waals surface area contributed by atoms with E-state index in [1.54, 1.807) is 6.20 Å². The predicted molar refractivity (Wildman–Crippen MR) is 74.7 cm³/mol. The molecule has 0 saturated heterocycles. The van der Waals surface area contributed by atoms with Gasteiger partial charge in [0.1, 0.15) is 0 Å². The maximum atomic E-state index is 12.5. The summed E-state index contributed by atoms with van der Waals surface area (Å²) >= 11 is 0. The number of aromatic nitrogens is 2. The Morgan fingerprint density at radius 3 is 2.84 bits per heavy atom. The van der Waals surface area contributed by atoms with Gasteiger partial charge < -0.3 is 5.32 Å². The highest BCUT2D eigenvalue weighted by molar-refractivity contribution is 5.95. The lowest BCUT2D eigenvalue weighted by Crippen LogP contribution is -2.32. The Morgan fingerprint density at radius 2 is 2.26 bits per heavy atom. The van der Waals surface area contributed by atoms with E-state index in [1.807, 2.05) is 10.9 Å². The summed E-state index contributed by atoms with van der Waals surface area (Å²) in [7, 11) is 0. The lowest BCUT2D eigenvalue weighted by atomic mass is 9.83.